The molecule has 0 saturated carbocycles. The van der Waals surface area contributed by atoms with Crippen molar-refractivity contribution in [3.63, 3.8) is 0 Å². The van der Waals surface area contributed by atoms with Crippen LogP contribution in [0.5, 0.6) is 0 Å². The van der Waals surface area contributed by atoms with E-state index in [1.165, 1.54) is 0 Å². The van der Waals surface area contributed by atoms with Gasteiger partial charge in [0.1, 0.15) is 5.70 Å². The monoisotopic (exact) mass is 191 g/mol. The lowest BCUT2D eigenvalue weighted by molar-refractivity contribution is -0.132. The third-order valence-electron chi connectivity index (χ3n) is 1.56. The van der Waals surface area contributed by atoms with E-state index in [4.69, 9.17) is 5.11 Å². The van der Waals surface area contributed by atoms with Gasteiger partial charge in [0, 0.05) is 5.56 Å². The van der Waals surface area contributed by atoms with Crippen LogP contribution in [0.1, 0.15) is 10.4 Å². The molecule has 4 nitrogen and oxygen atoms in total. The van der Waals surface area contributed by atoms with Gasteiger partial charge in [-0.1, -0.05) is 24.8 Å². The van der Waals surface area contributed by atoms with E-state index < -0.39 is 11.9 Å². The van der Waals surface area contributed by atoms with Crippen molar-refractivity contribution in [3.05, 3.63) is 48.2 Å². The topological polar surface area (TPSA) is 66.4 Å². The van der Waals surface area contributed by atoms with E-state index in [-0.39, 0.29) is 5.70 Å². The summed E-state index contributed by atoms with van der Waals surface area (Å²) in [4.78, 5) is 21.7. The molecule has 0 unspecified atom stereocenters. The number of carboxylic acid groups (broad SMARTS) is 1. The van der Waals surface area contributed by atoms with Crippen LogP contribution in [0.2, 0.25) is 0 Å². The maximum absolute atomic E-state index is 11.3. The molecule has 0 fully saturated rings. The molecule has 0 radical (unpaired) electrons. The Balaban J connectivity index is 2.69. The number of amides is 1. The summed E-state index contributed by atoms with van der Waals surface area (Å²) in [5, 5.41) is 10.6. The van der Waals surface area contributed by atoms with Crippen LogP contribution in [0.4, 0.5) is 0 Å². The van der Waals surface area contributed by atoms with Gasteiger partial charge < -0.3 is 10.4 Å². The molecule has 1 rings (SSSR count). The lowest BCUT2D eigenvalue weighted by Crippen LogP contribution is -2.26. The number of carbonyl (C=O) groups excluding carboxylic acids is 1. The molecule has 72 valence electrons. The van der Waals surface area contributed by atoms with Gasteiger partial charge >= 0.3 is 5.97 Å². The van der Waals surface area contributed by atoms with E-state index in [0.29, 0.717) is 5.56 Å². The zero-order valence-electron chi connectivity index (χ0n) is 7.36. The minimum Gasteiger partial charge on any atom is -0.477 e. The number of hydrogen-bond acceptors (Lipinski definition) is 2. The molecule has 0 spiro atoms. The fraction of sp³-hybridized carbons (Fsp3) is 0. The fourth-order valence-electron chi connectivity index (χ4n) is 0.852. The summed E-state index contributed by atoms with van der Waals surface area (Å²) < 4.78 is 0. The van der Waals surface area contributed by atoms with Crippen molar-refractivity contribution in [1.29, 1.82) is 0 Å². The van der Waals surface area contributed by atoms with Gasteiger partial charge in [-0.05, 0) is 12.1 Å². The highest BCUT2D eigenvalue weighted by Gasteiger charge is 2.09. The SMILES string of the molecule is C=C(NC(=O)c1ccccc1)C(=O)O. The predicted molar refractivity (Wildman–Crippen MR) is 50.7 cm³/mol. The Morgan fingerprint density at radius 1 is 1.21 bits per heavy atom. The van der Waals surface area contributed by atoms with Crippen molar-refractivity contribution in [2.24, 2.45) is 0 Å². The first-order valence-electron chi connectivity index (χ1n) is 3.90. The number of benzene rings is 1. The summed E-state index contributed by atoms with van der Waals surface area (Å²) >= 11 is 0. The molecule has 0 aromatic heterocycles. The Labute approximate surface area is 80.9 Å². The van der Waals surface area contributed by atoms with Crippen molar-refractivity contribution in [1.82, 2.24) is 5.32 Å². The van der Waals surface area contributed by atoms with E-state index in [9.17, 15) is 9.59 Å². The summed E-state index contributed by atoms with van der Waals surface area (Å²) in [6.07, 6.45) is 0. The third-order valence-corrected chi connectivity index (χ3v) is 1.56. The van der Waals surface area contributed by atoms with Gasteiger partial charge in [-0.3, -0.25) is 4.79 Å². The summed E-state index contributed by atoms with van der Waals surface area (Å²) in [6, 6.07) is 8.33. The van der Waals surface area contributed by atoms with Crippen molar-refractivity contribution >= 4 is 11.9 Å². The fourth-order valence-corrected chi connectivity index (χ4v) is 0.852. The smallest absolute Gasteiger partial charge is 0.351 e. The lowest BCUT2D eigenvalue weighted by atomic mass is 10.2. The van der Waals surface area contributed by atoms with Gasteiger partial charge in [0.05, 0.1) is 0 Å². The first-order chi connectivity index (χ1) is 6.61. The maximum atomic E-state index is 11.3. The number of carboxylic acids is 1. The van der Waals surface area contributed by atoms with Crippen LogP contribution in [-0.4, -0.2) is 17.0 Å². The van der Waals surface area contributed by atoms with Crippen molar-refractivity contribution in [2.45, 2.75) is 0 Å². The molecule has 0 aliphatic rings. The Morgan fingerprint density at radius 2 is 1.79 bits per heavy atom. The molecule has 0 aliphatic heterocycles. The highest BCUT2D eigenvalue weighted by atomic mass is 16.4. The molecule has 0 atom stereocenters. The largest absolute Gasteiger partial charge is 0.477 e. The maximum Gasteiger partial charge on any atom is 0.351 e. The molecule has 4 heteroatoms. The summed E-state index contributed by atoms with van der Waals surface area (Å²) in [7, 11) is 0. The third kappa shape index (κ3) is 2.45. The molecule has 0 heterocycles. The van der Waals surface area contributed by atoms with E-state index in [1.807, 2.05) is 0 Å². The zero-order chi connectivity index (χ0) is 10.6. The van der Waals surface area contributed by atoms with Crippen LogP contribution in [0.25, 0.3) is 0 Å². The zero-order valence-corrected chi connectivity index (χ0v) is 7.36. The highest BCUT2D eigenvalue weighted by molar-refractivity contribution is 6.00. The molecule has 0 saturated heterocycles. The van der Waals surface area contributed by atoms with Crippen LogP contribution in [0.15, 0.2) is 42.6 Å². The average Bonchev–Trinajstić information content (AvgIpc) is 2.19. The number of aliphatic carboxylic acids is 1. The van der Waals surface area contributed by atoms with E-state index >= 15 is 0 Å². The quantitative estimate of drug-likeness (QED) is 0.701. The van der Waals surface area contributed by atoms with E-state index in [0.717, 1.165) is 0 Å². The minimum absolute atomic E-state index is 0.334. The second-order valence-corrected chi connectivity index (χ2v) is 2.60. The first-order valence-corrected chi connectivity index (χ1v) is 3.90. The van der Waals surface area contributed by atoms with E-state index in [2.05, 4.69) is 11.9 Å². The molecule has 1 aromatic carbocycles. The predicted octanol–water partition coefficient (Wildman–Crippen LogP) is 1.01. The normalized spacial score (nSPS) is 9.14. The molecule has 2 N–H and O–H groups in total. The number of nitrogens with one attached hydrogen (secondary N) is 1. The van der Waals surface area contributed by atoms with Gasteiger partial charge in [-0.2, -0.15) is 0 Å². The van der Waals surface area contributed by atoms with Gasteiger partial charge in [0.2, 0.25) is 0 Å². The summed E-state index contributed by atoms with van der Waals surface area (Å²) in [5.74, 6) is -1.72. The molecule has 0 bridgehead atoms. The second-order valence-electron chi connectivity index (χ2n) is 2.60. The van der Waals surface area contributed by atoms with Crippen LogP contribution in [-0.2, 0) is 4.79 Å². The number of hydrogen-bond donors (Lipinski definition) is 2. The van der Waals surface area contributed by atoms with Gasteiger partial charge in [-0.15, -0.1) is 0 Å². The Kier molecular flexibility index (Phi) is 3.01. The van der Waals surface area contributed by atoms with Crippen LogP contribution >= 0.6 is 0 Å². The summed E-state index contributed by atoms with van der Waals surface area (Å²) in [5.41, 5.74) is 0.0637. The Hall–Kier alpha value is -2.10. The minimum atomic E-state index is -1.24. The van der Waals surface area contributed by atoms with Crippen molar-refractivity contribution in [3.8, 4) is 0 Å². The van der Waals surface area contributed by atoms with Crippen LogP contribution < -0.4 is 5.32 Å². The molecule has 14 heavy (non-hydrogen) atoms. The standard InChI is InChI=1S/C10H9NO3/c1-7(10(13)14)11-9(12)8-5-3-2-4-6-8/h2-6H,1H2,(H,11,12)(H,13,14). The Bertz CT molecular complexity index is 370. The first kappa shape index (κ1) is 9.98. The molecule has 1 aromatic rings. The highest BCUT2D eigenvalue weighted by Crippen LogP contribution is 1.99. The molecular weight excluding hydrogens is 182 g/mol. The van der Waals surface area contributed by atoms with Crippen LogP contribution in [0.3, 0.4) is 0 Å². The Morgan fingerprint density at radius 3 is 2.29 bits per heavy atom. The number of rotatable bonds is 3. The van der Waals surface area contributed by atoms with Gasteiger partial charge in [-0.25, -0.2) is 4.79 Å². The van der Waals surface area contributed by atoms with Crippen molar-refractivity contribution in [2.75, 3.05) is 0 Å². The number of carbonyl (C=O) groups is 2. The van der Waals surface area contributed by atoms with Gasteiger partial charge in [0.25, 0.3) is 5.91 Å². The lowest BCUT2D eigenvalue weighted by Gasteiger charge is -2.03. The van der Waals surface area contributed by atoms with E-state index in [1.54, 1.807) is 30.3 Å². The van der Waals surface area contributed by atoms with Gasteiger partial charge in [0.15, 0.2) is 0 Å². The second kappa shape index (κ2) is 4.23. The summed E-state index contributed by atoms with van der Waals surface area (Å²) in [6.45, 7) is 3.19. The molecule has 0 aliphatic carbocycles. The average molecular weight is 191 g/mol. The van der Waals surface area contributed by atoms with Crippen LogP contribution in [0, 0.1) is 0 Å². The van der Waals surface area contributed by atoms with Crippen molar-refractivity contribution < 1.29 is 14.7 Å². The molecular formula is C10H9NO3. The molecule has 1 amide bonds.